The number of para-hydroxylation sites is 2. The van der Waals surface area contributed by atoms with Crippen LogP contribution in [-0.4, -0.2) is 18.0 Å². The third kappa shape index (κ3) is 4.06. The number of benzene rings is 2. The van der Waals surface area contributed by atoms with Gasteiger partial charge in [-0.05, 0) is 24.3 Å². The molecule has 0 fully saturated rings. The molecule has 0 aliphatic rings. The highest BCUT2D eigenvalue weighted by Gasteiger charge is 2.21. The number of hydrogen-bond acceptors (Lipinski definition) is 5. The van der Waals surface area contributed by atoms with Gasteiger partial charge in [-0.3, -0.25) is 4.79 Å². The van der Waals surface area contributed by atoms with Crippen molar-refractivity contribution in [1.29, 1.82) is 0 Å². The van der Waals surface area contributed by atoms with Crippen molar-refractivity contribution in [2.75, 3.05) is 7.11 Å². The molecule has 1 amide bonds. The maximum Gasteiger partial charge on any atom is 0.287 e. The number of nitrogens with one attached hydrogen (secondary N) is 1. The Labute approximate surface area is 168 Å². The number of methoxy groups -OCH3 is 1. The highest BCUT2D eigenvalue weighted by Crippen LogP contribution is 2.27. The minimum absolute atomic E-state index is 0.222. The fraction of sp³-hybridized carbons (Fsp3) is 0.130. The van der Waals surface area contributed by atoms with Gasteiger partial charge >= 0.3 is 0 Å². The Morgan fingerprint density at radius 3 is 2.66 bits per heavy atom. The average Bonchev–Trinajstić information content (AvgIpc) is 3.15. The number of carbonyl (C=O) groups excluding carboxylic acids is 1. The largest absolute Gasteiger partial charge is 0.489 e. The Morgan fingerprint density at radius 2 is 1.83 bits per heavy atom. The Morgan fingerprint density at radius 1 is 1.03 bits per heavy atom. The topological polar surface area (TPSA) is 73.6 Å². The average molecular weight is 388 g/mol. The smallest absolute Gasteiger partial charge is 0.287 e. The quantitative estimate of drug-likeness (QED) is 0.510. The summed E-state index contributed by atoms with van der Waals surface area (Å²) < 4.78 is 17.0. The first-order valence-corrected chi connectivity index (χ1v) is 9.20. The SMILES string of the molecule is COc1ncccc1CNC(=O)c1oc2ccccc2c1COc1ccccc1. The third-order valence-corrected chi connectivity index (χ3v) is 4.51. The van der Waals surface area contributed by atoms with E-state index >= 15 is 0 Å². The van der Waals surface area contributed by atoms with Crippen molar-refractivity contribution in [3.05, 3.63) is 89.8 Å². The van der Waals surface area contributed by atoms with E-state index in [9.17, 15) is 4.79 Å². The minimum atomic E-state index is -0.321. The summed E-state index contributed by atoms with van der Waals surface area (Å²) in [7, 11) is 1.55. The van der Waals surface area contributed by atoms with Crippen LogP contribution < -0.4 is 14.8 Å². The molecule has 146 valence electrons. The van der Waals surface area contributed by atoms with Crippen LogP contribution in [0.2, 0.25) is 0 Å². The molecule has 29 heavy (non-hydrogen) atoms. The Hall–Kier alpha value is -3.80. The fourth-order valence-corrected chi connectivity index (χ4v) is 3.10. The van der Waals surface area contributed by atoms with E-state index in [0.717, 1.165) is 16.7 Å². The van der Waals surface area contributed by atoms with Crippen LogP contribution in [0.4, 0.5) is 0 Å². The summed E-state index contributed by atoms with van der Waals surface area (Å²) in [5, 5.41) is 3.74. The summed E-state index contributed by atoms with van der Waals surface area (Å²) in [6, 6.07) is 20.6. The van der Waals surface area contributed by atoms with Crippen LogP contribution in [0.3, 0.4) is 0 Å². The predicted octanol–water partition coefficient (Wildman–Crippen LogP) is 4.35. The number of amides is 1. The monoisotopic (exact) mass is 388 g/mol. The lowest BCUT2D eigenvalue weighted by molar-refractivity contribution is 0.0921. The van der Waals surface area contributed by atoms with E-state index in [-0.39, 0.29) is 24.8 Å². The molecule has 0 aliphatic heterocycles. The summed E-state index contributed by atoms with van der Waals surface area (Å²) in [5.41, 5.74) is 2.13. The molecular formula is C23H20N2O4. The zero-order valence-electron chi connectivity index (χ0n) is 15.9. The van der Waals surface area contributed by atoms with Crippen molar-refractivity contribution in [1.82, 2.24) is 10.3 Å². The summed E-state index contributed by atoms with van der Waals surface area (Å²) in [6.07, 6.45) is 1.64. The second kappa shape index (κ2) is 8.48. The lowest BCUT2D eigenvalue weighted by atomic mass is 10.1. The molecule has 4 rings (SSSR count). The third-order valence-electron chi connectivity index (χ3n) is 4.51. The summed E-state index contributed by atoms with van der Waals surface area (Å²) in [6.45, 7) is 0.492. The Kier molecular flexibility index (Phi) is 5.42. The van der Waals surface area contributed by atoms with Gasteiger partial charge < -0.3 is 19.2 Å². The molecule has 0 atom stereocenters. The normalized spacial score (nSPS) is 10.7. The van der Waals surface area contributed by atoms with Crippen molar-refractivity contribution in [2.45, 2.75) is 13.2 Å². The Balaban J connectivity index is 1.58. The molecule has 0 spiro atoms. The van der Waals surface area contributed by atoms with E-state index in [2.05, 4.69) is 10.3 Å². The van der Waals surface area contributed by atoms with Crippen LogP contribution in [0, 0.1) is 0 Å². The van der Waals surface area contributed by atoms with E-state index in [0.29, 0.717) is 17.0 Å². The van der Waals surface area contributed by atoms with Crippen molar-refractivity contribution >= 4 is 16.9 Å². The molecule has 6 heteroatoms. The number of aromatic nitrogens is 1. The van der Waals surface area contributed by atoms with E-state index in [1.165, 1.54) is 0 Å². The van der Waals surface area contributed by atoms with Crippen LogP contribution in [0.1, 0.15) is 21.7 Å². The van der Waals surface area contributed by atoms with Crippen LogP contribution in [-0.2, 0) is 13.2 Å². The molecule has 0 radical (unpaired) electrons. The van der Waals surface area contributed by atoms with Gasteiger partial charge in [0, 0.05) is 29.3 Å². The molecule has 6 nitrogen and oxygen atoms in total. The van der Waals surface area contributed by atoms with Crippen LogP contribution in [0.15, 0.2) is 77.3 Å². The molecule has 2 aromatic carbocycles. The Bertz CT molecular complexity index is 1120. The summed E-state index contributed by atoms with van der Waals surface area (Å²) in [5.74, 6) is 1.12. The molecule has 2 aromatic heterocycles. The maximum atomic E-state index is 12.9. The van der Waals surface area contributed by atoms with Gasteiger partial charge in [0.25, 0.3) is 5.91 Å². The second-order valence-electron chi connectivity index (χ2n) is 6.36. The number of rotatable bonds is 7. The number of fused-ring (bicyclic) bond motifs is 1. The van der Waals surface area contributed by atoms with Gasteiger partial charge in [0.05, 0.1) is 7.11 Å². The molecule has 0 bridgehead atoms. The van der Waals surface area contributed by atoms with Gasteiger partial charge in [-0.2, -0.15) is 0 Å². The highest BCUT2D eigenvalue weighted by atomic mass is 16.5. The lowest BCUT2D eigenvalue weighted by Crippen LogP contribution is -2.24. The molecule has 1 N–H and O–H groups in total. The van der Waals surface area contributed by atoms with Crippen molar-refractivity contribution < 1.29 is 18.7 Å². The van der Waals surface area contributed by atoms with Crippen molar-refractivity contribution in [3.8, 4) is 11.6 Å². The van der Waals surface area contributed by atoms with Crippen LogP contribution >= 0.6 is 0 Å². The van der Waals surface area contributed by atoms with Gasteiger partial charge in [-0.15, -0.1) is 0 Å². The molecule has 0 aliphatic carbocycles. The standard InChI is InChI=1S/C23H20N2O4/c1-27-23-16(8-7-13-24-23)14-25-22(26)21-19(15-28-17-9-3-2-4-10-17)18-11-5-6-12-20(18)29-21/h2-13H,14-15H2,1H3,(H,25,26). The first kappa shape index (κ1) is 18.6. The zero-order chi connectivity index (χ0) is 20.1. The van der Waals surface area contributed by atoms with Crippen LogP contribution in [0.25, 0.3) is 11.0 Å². The van der Waals surface area contributed by atoms with E-state index in [1.54, 1.807) is 19.4 Å². The number of nitrogens with zero attached hydrogens (tertiary/aromatic N) is 1. The second-order valence-corrected chi connectivity index (χ2v) is 6.36. The predicted molar refractivity (Wildman–Crippen MR) is 109 cm³/mol. The zero-order valence-corrected chi connectivity index (χ0v) is 15.9. The van der Waals surface area contributed by atoms with Gasteiger partial charge in [-0.1, -0.05) is 42.5 Å². The summed E-state index contributed by atoms with van der Waals surface area (Å²) >= 11 is 0. The summed E-state index contributed by atoms with van der Waals surface area (Å²) in [4.78, 5) is 17.0. The maximum absolute atomic E-state index is 12.9. The number of hydrogen-bond donors (Lipinski definition) is 1. The molecular weight excluding hydrogens is 368 g/mol. The molecule has 0 saturated heterocycles. The molecule has 0 saturated carbocycles. The molecule has 4 aromatic rings. The van der Waals surface area contributed by atoms with Gasteiger partial charge in [0.15, 0.2) is 5.76 Å². The number of furan rings is 1. The lowest BCUT2D eigenvalue weighted by Gasteiger charge is -2.09. The first-order valence-electron chi connectivity index (χ1n) is 9.20. The number of pyridine rings is 1. The first-order chi connectivity index (χ1) is 14.3. The van der Waals surface area contributed by atoms with E-state index < -0.39 is 0 Å². The number of ether oxygens (including phenoxy) is 2. The highest BCUT2D eigenvalue weighted by molar-refractivity contribution is 5.99. The van der Waals surface area contributed by atoms with E-state index in [4.69, 9.17) is 13.9 Å². The minimum Gasteiger partial charge on any atom is -0.489 e. The fourth-order valence-electron chi connectivity index (χ4n) is 3.10. The van der Waals surface area contributed by atoms with Crippen LogP contribution in [0.5, 0.6) is 11.6 Å². The van der Waals surface area contributed by atoms with Gasteiger partial charge in [0.1, 0.15) is 17.9 Å². The van der Waals surface area contributed by atoms with Gasteiger partial charge in [0.2, 0.25) is 5.88 Å². The molecule has 2 heterocycles. The molecule has 0 unspecified atom stereocenters. The van der Waals surface area contributed by atoms with Gasteiger partial charge in [-0.25, -0.2) is 4.98 Å². The van der Waals surface area contributed by atoms with E-state index in [1.807, 2.05) is 60.7 Å². The van der Waals surface area contributed by atoms with Crippen molar-refractivity contribution in [3.63, 3.8) is 0 Å². The van der Waals surface area contributed by atoms with Crippen molar-refractivity contribution in [2.24, 2.45) is 0 Å². The number of carbonyl (C=O) groups is 1.